The van der Waals surface area contributed by atoms with Crippen molar-refractivity contribution >= 4 is 23.5 Å². The number of carbonyl (C=O) groups excluding carboxylic acids is 3. The zero-order valence-electron chi connectivity index (χ0n) is 27.3. The number of benzene rings is 2. The lowest BCUT2D eigenvalue weighted by molar-refractivity contribution is 0.0596. The molecule has 9 nitrogen and oxygen atoms in total. The number of carbonyl (C=O) groups is 3. The van der Waals surface area contributed by atoms with Crippen LogP contribution in [-0.2, 0) is 9.47 Å². The number of furan rings is 1. The second-order valence-corrected chi connectivity index (χ2v) is 12.7. The smallest absolute Gasteiger partial charge is 0.338 e. The van der Waals surface area contributed by atoms with Gasteiger partial charge in [-0.3, -0.25) is 4.79 Å². The van der Waals surface area contributed by atoms with E-state index in [0.717, 1.165) is 56.6 Å². The van der Waals surface area contributed by atoms with Gasteiger partial charge in [-0.25, -0.2) is 9.59 Å². The highest BCUT2D eigenvalue weighted by atomic mass is 16.5. The molecule has 9 heteroatoms. The van der Waals surface area contributed by atoms with Crippen molar-refractivity contribution in [3.63, 3.8) is 0 Å². The van der Waals surface area contributed by atoms with E-state index in [1.54, 1.807) is 30.5 Å². The highest BCUT2D eigenvalue weighted by Crippen LogP contribution is 2.43. The van der Waals surface area contributed by atoms with Gasteiger partial charge >= 0.3 is 11.9 Å². The average Bonchev–Trinajstić information content (AvgIpc) is 3.64. The van der Waals surface area contributed by atoms with Gasteiger partial charge in [-0.05, 0) is 99.9 Å². The number of nitrogens with zero attached hydrogens (tertiary/aromatic N) is 2. The lowest BCUT2D eigenvalue weighted by atomic mass is 9.69. The molecule has 1 aliphatic carbocycles. The van der Waals surface area contributed by atoms with Gasteiger partial charge in [0.05, 0.1) is 38.2 Å². The van der Waals surface area contributed by atoms with Gasteiger partial charge in [0.1, 0.15) is 5.75 Å². The number of hydrogen-bond acceptors (Lipinski definition) is 8. The Balaban J connectivity index is 1.19. The number of likely N-dealkylation sites (tertiary alicyclic amines) is 1. The zero-order chi connectivity index (χ0) is 32.5. The number of hydrogen-bond donors (Lipinski definition) is 0. The standard InChI is InChI=1S/C37H46N2O7/c1-27-9-11-30(12-10-27)39(34(40)33-8-7-22-46-33)31-13-19-38(20-14-31)21-17-37(15-5-4-6-16-37)18-23-45-32-25-28(35(41)43-2)24-29(26-32)36(42)44-3/h7-12,22,24-26,31H,4-6,13-21,23H2,1-3H3. The topological polar surface area (TPSA) is 98.5 Å². The first kappa shape index (κ1) is 33.3. The van der Waals surface area contributed by atoms with Crippen molar-refractivity contribution in [1.82, 2.24) is 4.90 Å². The van der Waals surface area contributed by atoms with E-state index in [2.05, 4.69) is 11.8 Å². The highest BCUT2D eigenvalue weighted by Gasteiger charge is 2.35. The van der Waals surface area contributed by atoms with Crippen LogP contribution in [0.25, 0.3) is 0 Å². The number of rotatable bonds is 12. The molecule has 1 aliphatic heterocycles. The van der Waals surface area contributed by atoms with Gasteiger partial charge in [0.2, 0.25) is 0 Å². The summed E-state index contributed by atoms with van der Waals surface area (Å²) in [5, 5.41) is 0. The molecule has 1 aromatic heterocycles. The summed E-state index contributed by atoms with van der Waals surface area (Å²) < 4.78 is 21.4. The van der Waals surface area contributed by atoms with Gasteiger partial charge in [0.15, 0.2) is 5.76 Å². The second kappa shape index (κ2) is 15.5. The van der Waals surface area contributed by atoms with E-state index in [9.17, 15) is 14.4 Å². The quantitative estimate of drug-likeness (QED) is 0.196. The third kappa shape index (κ3) is 8.18. The SMILES string of the molecule is COC(=O)c1cc(OCCC2(CCN3CCC(N(C(=O)c4ccco4)c4ccc(C)cc4)CC3)CCCCC2)cc(C(=O)OC)c1. The highest BCUT2D eigenvalue weighted by molar-refractivity contribution is 6.04. The minimum absolute atomic E-state index is 0.0932. The summed E-state index contributed by atoms with van der Waals surface area (Å²) in [7, 11) is 2.62. The molecular formula is C37H46N2O7. The van der Waals surface area contributed by atoms with Crippen molar-refractivity contribution in [3.05, 3.63) is 83.3 Å². The first-order valence-electron chi connectivity index (χ1n) is 16.4. The predicted molar refractivity (Wildman–Crippen MR) is 176 cm³/mol. The summed E-state index contributed by atoms with van der Waals surface area (Å²) in [6.45, 7) is 5.42. The maximum Gasteiger partial charge on any atom is 0.338 e. The number of amides is 1. The summed E-state index contributed by atoms with van der Waals surface area (Å²) >= 11 is 0. The molecule has 0 radical (unpaired) electrons. The van der Waals surface area contributed by atoms with Crippen LogP contribution in [0, 0.1) is 12.3 Å². The second-order valence-electron chi connectivity index (χ2n) is 12.7. The first-order chi connectivity index (χ1) is 22.3. The number of esters is 2. The number of ether oxygens (including phenoxy) is 3. The Morgan fingerprint density at radius 2 is 1.54 bits per heavy atom. The molecule has 246 valence electrons. The fourth-order valence-electron chi connectivity index (χ4n) is 6.98. The van der Waals surface area contributed by atoms with Gasteiger partial charge in [0, 0.05) is 24.8 Å². The maximum absolute atomic E-state index is 13.5. The van der Waals surface area contributed by atoms with Crippen LogP contribution in [0.15, 0.2) is 65.3 Å². The molecule has 0 unspecified atom stereocenters. The van der Waals surface area contributed by atoms with Crippen LogP contribution < -0.4 is 9.64 Å². The fourth-order valence-corrected chi connectivity index (χ4v) is 6.98. The Hall–Kier alpha value is -4.11. The zero-order valence-corrected chi connectivity index (χ0v) is 27.3. The van der Waals surface area contributed by atoms with Crippen molar-refractivity contribution < 1.29 is 33.0 Å². The lowest BCUT2D eigenvalue weighted by Gasteiger charge is -2.42. The molecule has 2 heterocycles. The third-order valence-corrected chi connectivity index (χ3v) is 9.71. The number of aryl methyl sites for hydroxylation is 1. The molecule has 0 N–H and O–H groups in total. The normalized spacial score (nSPS) is 16.8. The Morgan fingerprint density at radius 1 is 0.891 bits per heavy atom. The maximum atomic E-state index is 13.5. The average molecular weight is 631 g/mol. The molecule has 1 saturated carbocycles. The summed E-state index contributed by atoms with van der Waals surface area (Å²) in [5.41, 5.74) is 2.75. The molecule has 0 bridgehead atoms. The third-order valence-electron chi connectivity index (χ3n) is 9.71. The van der Waals surface area contributed by atoms with Crippen LogP contribution in [0.5, 0.6) is 5.75 Å². The summed E-state index contributed by atoms with van der Waals surface area (Å²) in [5.74, 6) is -0.336. The van der Waals surface area contributed by atoms with E-state index in [4.69, 9.17) is 18.6 Å². The van der Waals surface area contributed by atoms with E-state index in [1.807, 2.05) is 29.2 Å². The van der Waals surface area contributed by atoms with E-state index in [-0.39, 0.29) is 28.5 Å². The molecular weight excluding hydrogens is 584 g/mol. The molecule has 3 aromatic rings. The van der Waals surface area contributed by atoms with Crippen LogP contribution in [0.1, 0.15) is 94.6 Å². The van der Waals surface area contributed by atoms with Gasteiger partial charge in [-0.1, -0.05) is 37.0 Å². The van der Waals surface area contributed by atoms with Crippen molar-refractivity contribution in [2.75, 3.05) is 45.4 Å². The number of anilines is 1. The van der Waals surface area contributed by atoms with Crippen molar-refractivity contribution in [2.45, 2.75) is 70.8 Å². The van der Waals surface area contributed by atoms with Crippen molar-refractivity contribution in [1.29, 1.82) is 0 Å². The van der Waals surface area contributed by atoms with E-state index < -0.39 is 11.9 Å². The largest absolute Gasteiger partial charge is 0.494 e. The van der Waals surface area contributed by atoms with Gasteiger partial charge < -0.3 is 28.4 Å². The van der Waals surface area contributed by atoms with Crippen LogP contribution >= 0.6 is 0 Å². The predicted octanol–water partition coefficient (Wildman–Crippen LogP) is 7.08. The van der Waals surface area contributed by atoms with Gasteiger partial charge in [0.25, 0.3) is 5.91 Å². The Labute approximate surface area is 271 Å². The number of piperidine rings is 1. The summed E-state index contributed by atoms with van der Waals surface area (Å²) in [6, 6.07) is 16.4. The van der Waals surface area contributed by atoms with E-state index in [0.29, 0.717) is 18.1 Å². The Morgan fingerprint density at radius 3 is 2.13 bits per heavy atom. The summed E-state index contributed by atoms with van der Waals surface area (Å²) in [4.78, 5) is 42.4. The van der Waals surface area contributed by atoms with E-state index >= 15 is 0 Å². The van der Waals surface area contributed by atoms with Crippen molar-refractivity contribution in [2.24, 2.45) is 5.41 Å². The Kier molecular flexibility index (Phi) is 11.2. The molecule has 46 heavy (non-hydrogen) atoms. The minimum Gasteiger partial charge on any atom is -0.494 e. The monoisotopic (exact) mass is 630 g/mol. The molecule has 2 fully saturated rings. The lowest BCUT2D eigenvalue weighted by Crippen LogP contribution is -2.48. The summed E-state index contributed by atoms with van der Waals surface area (Å²) in [6.07, 6.45) is 11.4. The Bertz CT molecular complexity index is 1420. The molecule has 5 rings (SSSR count). The molecule has 2 aliphatic rings. The van der Waals surface area contributed by atoms with Gasteiger partial charge in [-0.15, -0.1) is 0 Å². The van der Waals surface area contributed by atoms with Crippen LogP contribution in [0.4, 0.5) is 5.69 Å². The molecule has 1 amide bonds. The van der Waals surface area contributed by atoms with Crippen LogP contribution in [0.3, 0.4) is 0 Å². The molecule has 0 atom stereocenters. The fraction of sp³-hybridized carbons (Fsp3) is 0.486. The first-order valence-corrected chi connectivity index (χ1v) is 16.4. The van der Waals surface area contributed by atoms with Gasteiger partial charge in [-0.2, -0.15) is 0 Å². The van der Waals surface area contributed by atoms with Crippen LogP contribution in [-0.4, -0.2) is 69.2 Å². The molecule has 0 spiro atoms. The molecule has 1 saturated heterocycles. The van der Waals surface area contributed by atoms with Crippen LogP contribution in [0.2, 0.25) is 0 Å². The molecule has 2 aromatic carbocycles. The van der Waals surface area contributed by atoms with Crippen molar-refractivity contribution in [3.8, 4) is 5.75 Å². The van der Waals surface area contributed by atoms with E-state index in [1.165, 1.54) is 52.4 Å². The number of methoxy groups -OCH3 is 2. The minimum atomic E-state index is -0.532.